The van der Waals surface area contributed by atoms with E-state index in [-0.39, 0.29) is 5.97 Å². The minimum absolute atomic E-state index is 0.323. The van der Waals surface area contributed by atoms with E-state index in [1.807, 2.05) is 11.9 Å². The molecule has 0 fully saturated rings. The molecule has 0 amide bonds. The van der Waals surface area contributed by atoms with Crippen LogP contribution in [0.1, 0.15) is 17.3 Å². The summed E-state index contributed by atoms with van der Waals surface area (Å²) in [7, 11) is 1.87. The van der Waals surface area contributed by atoms with E-state index in [0.717, 1.165) is 12.0 Å². The molecule has 0 radical (unpaired) electrons. The van der Waals surface area contributed by atoms with Crippen molar-refractivity contribution in [2.75, 3.05) is 25.1 Å². The Kier molecular flexibility index (Phi) is 3.50. The number of carbonyl (C=O) groups excluding carboxylic acids is 2. The van der Waals surface area contributed by atoms with Gasteiger partial charge in [0, 0.05) is 12.6 Å². The van der Waals surface area contributed by atoms with Crippen molar-refractivity contribution in [3.63, 3.8) is 0 Å². The normalized spacial score (nSPS) is 17.7. The molecule has 2 rings (SSSR count). The molecule has 1 aliphatic rings. The highest BCUT2D eigenvalue weighted by Crippen LogP contribution is 2.33. The van der Waals surface area contributed by atoms with Crippen LogP contribution in [0.3, 0.4) is 0 Å². The van der Waals surface area contributed by atoms with Gasteiger partial charge in [0.05, 0.1) is 18.8 Å². The summed E-state index contributed by atoms with van der Waals surface area (Å²) in [5, 5.41) is 0. The number of fused-ring (bicyclic) bond motifs is 1. The third-order valence-electron chi connectivity index (χ3n) is 2.79. The van der Waals surface area contributed by atoms with Crippen LogP contribution >= 0.6 is 0 Å². The van der Waals surface area contributed by atoms with Gasteiger partial charge in [0.15, 0.2) is 0 Å². The number of hydrogen-bond acceptors (Lipinski definition) is 5. The molecule has 5 nitrogen and oxygen atoms in total. The molecule has 0 saturated carbocycles. The lowest BCUT2D eigenvalue weighted by Gasteiger charge is -2.32. The first-order chi connectivity index (χ1) is 8.65. The average Bonchev–Trinajstić information content (AvgIpc) is 2.38. The molecule has 0 aromatic heterocycles. The summed E-state index contributed by atoms with van der Waals surface area (Å²) >= 11 is 0. The number of hydrogen-bond donors (Lipinski definition) is 0. The van der Waals surface area contributed by atoms with E-state index >= 15 is 0 Å². The minimum atomic E-state index is -0.649. The summed E-state index contributed by atoms with van der Waals surface area (Å²) < 4.78 is 10.5. The maximum atomic E-state index is 11.7. The Balaban J connectivity index is 2.25. The topological polar surface area (TPSA) is 55.8 Å². The highest BCUT2D eigenvalue weighted by molar-refractivity contribution is 5.81. The Morgan fingerprint density at radius 3 is 3.06 bits per heavy atom. The van der Waals surface area contributed by atoms with E-state index in [4.69, 9.17) is 9.47 Å². The zero-order chi connectivity index (χ0) is 13.1. The van der Waals surface area contributed by atoms with Gasteiger partial charge < -0.3 is 14.4 Å². The van der Waals surface area contributed by atoms with Gasteiger partial charge in [-0.25, -0.2) is 4.79 Å². The second kappa shape index (κ2) is 5.08. The Morgan fingerprint density at radius 2 is 2.39 bits per heavy atom. The molecule has 1 aromatic carbocycles. The quantitative estimate of drug-likeness (QED) is 0.596. The minimum Gasteiger partial charge on any atom is -0.475 e. The molecule has 1 heterocycles. The van der Waals surface area contributed by atoms with Crippen molar-refractivity contribution in [3.8, 4) is 5.75 Å². The van der Waals surface area contributed by atoms with Crippen LogP contribution in [0.2, 0.25) is 0 Å². The summed E-state index contributed by atoms with van der Waals surface area (Å²) in [5.74, 6) is 0.151. The number of esters is 1. The first-order valence-corrected chi connectivity index (χ1v) is 5.79. The fourth-order valence-corrected chi connectivity index (χ4v) is 1.91. The fraction of sp³-hybridized carbons (Fsp3) is 0.385. The van der Waals surface area contributed by atoms with Gasteiger partial charge in [-0.15, -0.1) is 0 Å². The Hall–Kier alpha value is -2.04. The number of aldehydes is 1. The van der Waals surface area contributed by atoms with Crippen LogP contribution in [0, 0.1) is 0 Å². The van der Waals surface area contributed by atoms with Crippen molar-refractivity contribution in [1.82, 2.24) is 0 Å². The van der Waals surface area contributed by atoms with Crippen LogP contribution in [0.4, 0.5) is 5.69 Å². The Bertz CT molecular complexity index is 472. The van der Waals surface area contributed by atoms with Crippen LogP contribution in [0.25, 0.3) is 0 Å². The largest absolute Gasteiger partial charge is 0.475 e. The lowest BCUT2D eigenvalue weighted by Crippen LogP contribution is -2.43. The third-order valence-corrected chi connectivity index (χ3v) is 2.79. The molecule has 0 N–H and O–H groups in total. The van der Waals surface area contributed by atoms with Crippen molar-refractivity contribution < 1.29 is 19.1 Å². The molecule has 96 valence electrons. The molecule has 1 aliphatic heterocycles. The van der Waals surface area contributed by atoms with Crippen molar-refractivity contribution in [1.29, 1.82) is 0 Å². The predicted molar refractivity (Wildman–Crippen MR) is 66.1 cm³/mol. The highest BCUT2D eigenvalue weighted by Gasteiger charge is 2.30. The SMILES string of the molecule is CCOC(=O)C1CN(C)c2ccc(C=O)cc2O1. The molecule has 1 aromatic rings. The molecule has 18 heavy (non-hydrogen) atoms. The van der Waals surface area contributed by atoms with Gasteiger partial charge in [-0.05, 0) is 25.1 Å². The van der Waals surface area contributed by atoms with Crippen LogP contribution in [-0.4, -0.2) is 38.6 Å². The van der Waals surface area contributed by atoms with Gasteiger partial charge in [-0.3, -0.25) is 4.79 Å². The van der Waals surface area contributed by atoms with Crippen molar-refractivity contribution in [3.05, 3.63) is 23.8 Å². The molecule has 1 atom stereocenters. The van der Waals surface area contributed by atoms with E-state index in [2.05, 4.69) is 0 Å². The first-order valence-electron chi connectivity index (χ1n) is 5.79. The number of carbonyl (C=O) groups is 2. The van der Waals surface area contributed by atoms with E-state index in [1.165, 1.54) is 0 Å². The van der Waals surface area contributed by atoms with Gasteiger partial charge in [0.2, 0.25) is 6.10 Å². The fourth-order valence-electron chi connectivity index (χ4n) is 1.91. The maximum absolute atomic E-state index is 11.7. The average molecular weight is 249 g/mol. The Morgan fingerprint density at radius 1 is 1.61 bits per heavy atom. The number of benzene rings is 1. The number of anilines is 1. The van der Waals surface area contributed by atoms with E-state index in [0.29, 0.717) is 24.5 Å². The summed E-state index contributed by atoms with van der Waals surface area (Å²) in [4.78, 5) is 24.3. The van der Waals surface area contributed by atoms with Gasteiger partial charge in [-0.1, -0.05) is 0 Å². The van der Waals surface area contributed by atoms with Crippen molar-refractivity contribution in [2.45, 2.75) is 13.0 Å². The maximum Gasteiger partial charge on any atom is 0.349 e. The standard InChI is InChI=1S/C13H15NO4/c1-3-17-13(16)12-7-14(2)10-5-4-9(8-15)6-11(10)18-12/h4-6,8,12H,3,7H2,1-2H3. The van der Waals surface area contributed by atoms with Crippen LogP contribution in [-0.2, 0) is 9.53 Å². The summed E-state index contributed by atoms with van der Waals surface area (Å²) in [6.07, 6.45) is 0.0989. The summed E-state index contributed by atoms with van der Waals surface area (Å²) in [6, 6.07) is 5.15. The second-order valence-electron chi connectivity index (χ2n) is 4.08. The van der Waals surface area contributed by atoms with Crippen molar-refractivity contribution >= 4 is 17.9 Å². The van der Waals surface area contributed by atoms with Crippen LogP contribution in [0.15, 0.2) is 18.2 Å². The number of rotatable bonds is 3. The number of nitrogens with zero attached hydrogens (tertiary/aromatic N) is 1. The zero-order valence-electron chi connectivity index (χ0n) is 10.4. The van der Waals surface area contributed by atoms with Gasteiger partial charge in [0.25, 0.3) is 0 Å². The highest BCUT2D eigenvalue weighted by atomic mass is 16.6. The molecule has 0 saturated heterocycles. The molecule has 0 bridgehead atoms. The zero-order valence-corrected chi connectivity index (χ0v) is 10.4. The molecule has 5 heteroatoms. The molecule has 0 aliphatic carbocycles. The first kappa shape index (κ1) is 12.4. The van der Waals surface area contributed by atoms with Gasteiger partial charge in [0.1, 0.15) is 12.0 Å². The molecular weight excluding hydrogens is 234 g/mol. The van der Waals surface area contributed by atoms with E-state index < -0.39 is 6.10 Å². The molecular formula is C13H15NO4. The van der Waals surface area contributed by atoms with E-state index in [9.17, 15) is 9.59 Å². The smallest absolute Gasteiger partial charge is 0.349 e. The number of ether oxygens (including phenoxy) is 2. The Labute approximate surface area is 105 Å². The molecule has 1 unspecified atom stereocenters. The lowest BCUT2D eigenvalue weighted by atomic mass is 10.1. The summed E-state index contributed by atoms with van der Waals surface area (Å²) in [6.45, 7) is 2.51. The van der Waals surface area contributed by atoms with E-state index in [1.54, 1.807) is 25.1 Å². The number of likely N-dealkylation sites (N-methyl/N-ethyl adjacent to an activating group) is 1. The van der Waals surface area contributed by atoms with Crippen LogP contribution in [0.5, 0.6) is 5.75 Å². The predicted octanol–water partition coefficient (Wildman–Crippen LogP) is 1.26. The lowest BCUT2D eigenvalue weighted by molar-refractivity contribution is -0.151. The second-order valence-corrected chi connectivity index (χ2v) is 4.08. The van der Waals surface area contributed by atoms with Gasteiger partial charge >= 0.3 is 5.97 Å². The summed E-state index contributed by atoms with van der Waals surface area (Å²) in [5.41, 5.74) is 1.38. The molecule has 0 spiro atoms. The van der Waals surface area contributed by atoms with Crippen LogP contribution < -0.4 is 9.64 Å². The van der Waals surface area contributed by atoms with Gasteiger partial charge in [-0.2, -0.15) is 0 Å². The van der Waals surface area contributed by atoms with Crippen molar-refractivity contribution in [2.24, 2.45) is 0 Å². The monoisotopic (exact) mass is 249 g/mol. The third kappa shape index (κ3) is 2.30.